The Hall–Kier alpha value is -2.02. The van der Waals surface area contributed by atoms with Crippen molar-refractivity contribution in [1.82, 2.24) is 9.78 Å². The summed E-state index contributed by atoms with van der Waals surface area (Å²) in [4.78, 5) is 10.8. The van der Waals surface area contributed by atoms with Crippen molar-refractivity contribution in [3.05, 3.63) is 41.8 Å². The first-order chi connectivity index (χ1) is 8.49. The van der Waals surface area contributed by atoms with Crippen molar-refractivity contribution < 1.29 is 18.5 Å². The van der Waals surface area contributed by atoms with Crippen LogP contribution in [0, 0.1) is 5.82 Å². The van der Waals surface area contributed by atoms with Gasteiger partial charge in [0.2, 0.25) is 0 Å². The largest absolute Gasteiger partial charge is 0.476 e. The highest BCUT2D eigenvalue weighted by molar-refractivity contribution is 7.84. The summed E-state index contributed by atoms with van der Waals surface area (Å²) in [6.07, 6.45) is 1.42. The molecule has 18 heavy (non-hydrogen) atoms. The van der Waals surface area contributed by atoms with Gasteiger partial charge in [-0.2, -0.15) is 5.10 Å². The van der Waals surface area contributed by atoms with E-state index in [1.54, 1.807) is 0 Å². The van der Waals surface area contributed by atoms with Crippen LogP contribution in [0.4, 0.5) is 4.39 Å². The third kappa shape index (κ3) is 2.30. The number of halogens is 1. The van der Waals surface area contributed by atoms with Crippen LogP contribution in [0.3, 0.4) is 0 Å². The molecule has 1 aromatic heterocycles. The lowest BCUT2D eigenvalue weighted by Gasteiger charge is -2.04. The SMILES string of the molecule is CS(=O)c1cc(C(=O)O)nn1-c1ccc(F)cc1. The summed E-state index contributed by atoms with van der Waals surface area (Å²) in [5.41, 5.74) is 0.249. The fourth-order valence-corrected chi connectivity index (χ4v) is 2.11. The summed E-state index contributed by atoms with van der Waals surface area (Å²) < 4.78 is 25.6. The van der Waals surface area contributed by atoms with Gasteiger partial charge in [0.25, 0.3) is 0 Å². The van der Waals surface area contributed by atoms with Crippen LogP contribution in [0.1, 0.15) is 10.5 Å². The molecule has 2 rings (SSSR count). The Kier molecular flexibility index (Phi) is 3.24. The third-order valence-electron chi connectivity index (χ3n) is 2.26. The van der Waals surface area contributed by atoms with Crippen LogP contribution in [0.25, 0.3) is 5.69 Å². The predicted octanol–water partition coefficient (Wildman–Crippen LogP) is 1.45. The minimum Gasteiger partial charge on any atom is -0.476 e. The number of carboxylic acids is 1. The van der Waals surface area contributed by atoms with Crippen LogP contribution in [0.5, 0.6) is 0 Å². The van der Waals surface area contributed by atoms with Crippen LogP contribution in [-0.4, -0.2) is 31.3 Å². The van der Waals surface area contributed by atoms with Crippen molar-refractivity contribution in [2.75, 3.05) is 6.26 Å². The lowest BCUT2D eigenvalue weighted by molar-refractivity contribution is 0.0690. The molecule has 1 unspecified atom stereocenters. The number of carbonyl (C=O) groups is 1. The number of hydrogen-bond donors (Lipinski definition) is 1. The second-order valence-electron chi connectivity index (χ2n) is 3.52. The summed E-state index contributed by atoms with van der Waals surface area (Å²) in [6, 6.07) is 6.55. The molecule has 0 radical (unpaired) electrons. The highest BCUT2D eigenvalue weighted by Crippen LogP contribution is 2.16. The van der Waals surface area contributed by atoms with E-state index in [1.165, 1.54) is 41.3 Å². The molecule has 5 nitrogen and oxygen atoms in total. The lowest BCUT2D eigenvalue weighted by Crippen LogP contribution is -2.04. The van der Waals surface area contributed by atoms with E-state index in [2.05, 4.69) is 5.10 Å². The standard InChI is InChI=1S/C11H9FN2O3S/c1-18(17)10-6-9(11(15)16)13-14(10)8-4-2-7(12)3-5-8/h2-6H,1H3,(H,15,16). The third-order valence-corrected chi connectivity index (χ3v) is 3.14. The van der Waals surface area contributed by atoms with Gasteiger partial charge in [-0.1, -0.05) is 0 Å². The summed E-state index contributed by atoms with van der Waals surface area (Å²) in [5, 5.41) is 12.9. The molecule has 1 atom stereocenters. The van der Waals surface area contributed by atoms with Crippen LogP contribution in [0.2, 0.25) is 0 Å². The zero-order valence-corrected chi connectivity index (χ0v) is 10.1. The van der Waals surface area contributed by atoms with E-state index in [9.17, 15) is 13.4 Å². The molecule has 0 bridgehead atoms. The van der Waals surface area contributed by atoms with Gasteiger partial charge in [0.05, 0.1) is 16.5 Å². The Morgan fingerprint density at radius 2 is 2.00 bits per heavy atom. The van der Waals surface area contributed by atoms with E-state index in [0.717, 1.165) is 0 Å². The molecule has 1 aromatic carbocycles. The average Bonchev–Trinajstić information content (AvgIpc) is 2.75. The van der Waals surface area contributed by atoms with Crippen molar-refractivity contribution in [3.63, 3.8) is 0 Å². The Labute approximate surface area is 104 Å². The van der Waals surface area contributed by atoms with Gasteiger partial charge in [-0.15, -0.1) is 0 Å². The van der Waals surface area contributed by atoms with Gasteiger partial charge in [0.15, 0.2) is 5.69 Å². The van der Waals surface area contributed by atoms with E-state index < -0.39 is 22.6 Å². The topological polar surface area (TPSA) is 72.2 Å². The molecule has 1 N–H and O–H groups in total. The molecule has 7 heteroatoms. The molecule has 0 aliphatic carbocycles. The fraction of sp³-hybridized carbons (Fsp3) is 0.0909. The summed E-state index contributed by atoms with van der Waals surface area (Å²) in [7, 11) is -1.40. The number of hydrogen-bond acceptors (Lipinski definition) is 3. The molecular formula is C11H9FN2O3S. The molecule has 94 valence electrons. The van der Waals surface area contributed by atoms with Crippen molar-refractivity contribution in [2.24, 2.45) is 0 Å². The minimum absolute atomic E-state index is 0.204. The van der Waals surface area contributed by atoms with Crippen LogP contribution in [0.15, 0.2) is 35.4 Å². The van der Waals surface area contributed by atoms with Crippen molar-refractivity contribution in [2.45, 2.75) is 5.03 Å². The highest BCUT2D eigenvalue weighted by Gasteiger charge is 2.16. The second kappa shape index (κ2) is 4.69. The van der Waals surface area contributed by atoms with Gasteiger partial charge in [0, 0.05) is 12.3 Å². The first-order valence-corrected chi connectivity index (χ1v) is 6.47. The number of carboxylic acid groups (broad SMARTS) is 1. The Balaban J connectivity index is 2.58. The molecular weight excluding hydrogens is 259 g/mol. The van der Waals surface area contributed by atoms with Gasteiger partial charge in [-0.25, -0.2) is 13.9 Å². The smallest absolute Gasteiger partial charge is 0.356 e. The van der Waals surface area contributed by atoms with Crippen LogP contribution >= 0.6 is 0 Å². The maximum Gasteiger partial charge on any atom is 0.356 e. The zero-order valence-electron chi connectivity index (χ0n) is 9.33. The van der Waals surface area contributed by atoms with Gasteiger partial charge in [-0.3, -0.25) is 4.21 Å². The van der Waals surface area contributed by atoms with Crippen molar-refractivity contribution in [3.8, 4) is 5.69 Å². The normalized spacial score (nSPS) is 12.3. The first kappa shape index (κ1) is 12.4. The molecule has 0 fully saturated rings. The van der Waals surface area contributed by atoms with Gasteiger partial charge >= 0.3 is 5.97 Å². The number of aromatic nitrogens is 2. The van der Waals surface area contributed by atoms with E-state index in [1.807, 2.05) is 0 Å². The molecule has 2 aromatic rings. The van der Waals surface area contributed by atoms with E-state index in [0.29, 0.717) is 5.69 Å². The van der Waals surface area contributed by atoms with Crippen LogP contribution < -0.4 is 0 Å². The Morgan fingerprint density at radius 3 is 2.50 bits per heavy atom. The number of rotatable bonds is 3. The zero-order chi connectivity index (χ0) is 13.3. The Bertz CT molecular complexity index is 622. The number of nitrogens with zero attached hydrogens (tertiary/aromatic N) is 2. The minimum atomic E-state index is -1.40. The molecule has 0 saturated carbocycles. The van der Waals surface area contributed by atoms with E-state index >= 15 is 0 Å². The van der Waals surface area contributed by atoms with E-state index in [-0.39, 0.29) is 10.7 Å². The number of aromatic carboxylic acids is 1. The second-order valence-corrected chi connectivity index (χ2v) is 4.84. The van der Waals surface area contributed by atoms with Gasteiger partial charge in [-0.05, 0) is 24.3 Å². The molecule has 0 saturated heterocycles. The van der Waals surface area contributed by atoms with E-state index in [4.69, 9.17) is 5.11 Å². The first-order valence-electron chi connectivity index (χ1n) is 4.92. The van der Waals surface area contributed by atoms with Crippen molar-refractivity contribution in [1.29, 1.82) is 0 Å². The van der Waals surface area contributed by atoms with Gasteiger partial charge < -0.3 is 5.11 Å². The average molecular weight is 268 g/mol. The lowest BCUT2D eigenvalue weighted by atomic mass is 10.3. The summed E-state index contributed by atoms with van der Waals surface area (Å²) >= 11 is 0. The molecule has 0 aliphatic rings. The number of benzene rings is 1. The molecule has 0 spiro atoms. The fourth-order valence-electron chi connectivity index (χ4n) is 1.44. The molecule has 1 heterocycles. The summed E-state index contributed by atoms with van der Waals surface area (Å²) in [5.74, 6) is -1.62. The maximum absolute atomic E-state index is 12.8. The summed E-state index contributed by atoms with van der Waals surface area (Å²) in [6.45, 7) is 0. The molecule has 0 amide bonds. The highest BCUT2D eigenvalue weighted by atomic mass is 32.2. The van der Waals surface area contributed by atoms with Gasteiger partial charge in [0.1, 0.15) is 10.8 Å². The Morgan fingerprint density at radius 1 is 1.39 bits per heavy atom. The van der Waals surface area contributed by atoms with Crippen LogP contribution in [-0.2, 0) is 10.8 Å². The quantitative estimate of drug-likeness (QED) is 0.914. The monoisotopic (exact) mass is 268 g/mol. The predicted molar refractivity (Wildman–Crippen MR) is 62.8 cm³/mol. The van der Waals surface area contributed by atoms with Crippen molar-refractivity contribution >= 4 is 16.8 Å². The maximum atomic E-state index is 12.8. The molecule has 0 aliphatic heterocycles.